The van der Waals surface area contributed by atoms with Crippen LogP contribution in [0.25, 0.3) is 6.08 Å². The van der Waals surface area contributed by atoms with E-state index < -0.39 is 5.97 Å². The standard InChI is InChI=1S/C18H17NO3/c1-14(20)22-19-18(16-6-4-3-5-7-16)13-10-15-8-11-17(21-2)12-9-15/h3-13H,1-2H3. The highest BCUT2D eigenvalue weighted by molar-refractivity contribution is 6.10. The van der Waals surface area contributed by atoms with Gasteiger partial charge in [-0.1, -0.05) is 53.7 Å². The van der Waals surface area contributed by atoms with Crippen LogP contribution < -0.4 is 4.74 Å². The highest BCUT2D eigenvalue weighted by Crippen LogP contribution is 2.13. The number of carbonyl (C=O) groups is 1. The monoisotopic (exact) mass is 295 g/mol. The minimum Gasteiger partial charge on any atom is -0.497 e. The van der Waals surface area contributed by atoms with Crippen LogP contribution >= 0.6 is 0 Å². The first-order chi connectivity index (χ1) is 10.7. The molecule has 112 valence electrons. The fraction of sp³-hybridized carbons (Fsp3) is 0.111. The van der Waals surface area contributed by atoms with Gasteiger partial charge in [-0.2, -0.15) is 0 Å². The van der Waals surface area contributed by atoms with E-state index >= 15 is 0 Å². The Morgan fingerprint density at radius 3 is 2.32 bits per heavy atom. The average molecular weight is 295 g/mol. The van der Waals surface area contributed by atoms with Gasteiger partial charge in [0.1, 0.15) is 11.5 Å². The van der Waals surface area contributed by atoms with Crippen molar-refractivity contribution in [3.63, 3.8) is 0 Å². The quantitative estimate of drug-likeness (QED) is 0.480. The van der Waals surface area contributed by atoms with E-state index in [9.17, 15) is 4.79 Å². The smallest absolute Gasteiger partial charge is 0.332 e. The van der Waals surface area contributed by atoms with Crippen LogP contribution in [-0.4, -0.2) is 18.8 Å². The third-order valence-corrected chi connectivity index (χ3v) is 2.89. The van der Waals surface area contributed by atoms with Crippen molar-refractivity contribution in [2.24, 2.45) is 5.16 Å². The summed E-state index contributed by atoms with van der Waals surface area (Å²) in [5.74, 6) is 0.347. The number of hydrogen-bond donors (Lipinski definition) is 0. The normalized spacial score (nSPS) is 11.5. The van der Waals surface area contributed by atoms with E-state index in [1.54, 1.807) is 13.2 Å². The molecule has 0 N–H and O–H groups in total. The molecule has 0 amide bonds. The highest BCUT2D eigenvalue weighted by atomic mass is 16.7. The number of oxime groups is 1. The van der Waals surface area contributed by atoms with Gasteiger partial charge in [-0.3, -0.25) is 0 Å². The highest BCUT2D eigenvalue weighted by Gasteiger charge is 2.01. The van der Waals surface area contributed by atoms with Crippen molar-refractivity contribution in [1.82, 2.24) is 0 Å². The molecule has 0 saturated carbocycles. The number of nitrogens with zero attached hydrogens (tertiary/aromatic N) is 1. The van der Waals surface area contributed by atoms with Crippen molar-refractivity contribution in [3.8, 4) is 5.75 Å². The second-order valence-corrected chi connectivity index (χ2v) is 4.53. The van der Waals surface area contributed by atoms with Gasteiger partial charge in [-0.05, 0) is 23.8 Å². The Kier molecular flexibility index (Phi) is 5.49. The molecule has 4 nitrogen and oxygen atoms in total. The van der Waals surface area contributed by atoms with E-state index in [0.29, 0.717) is 5.71 Å². The number of ether oxygens (including phenoxy) is 1. The molecule has 2 aromatic carbocycles. The van der Waals surface area contributed by atoms with Gasteiger partial charge >= 0.3 is 5.97 Å². The summed E-state index contributed by atoms with van der Waals surface area (Å²) < 4.78 is 5.12. The fourth-order valence-electron chi connectivity index (χ4n) is 1.79. The minimum atomic E-state index is -0.453. The van der Waals surface area contributed by atoms with Crippen LogP contribution in [0.2, 0.25) is 0 Å². The van der Waals surface area contributed by atoms with Gasteiger partial charge in [0.15, 0.2) is 0 Å². The molecule has 2 rings (SSSR count). The third-order valence-electron chi connectivity index (χ3n) is 2.89. The van der Waals surface area contributed by atoms with E-state index in [-0.39, 0.29) is 0 Å². The zero-order chi connectivity index (χ0) is 15.8. The lowest BCUT2D eigenvalue weighted by atomic mass is 10.1. The molecule has 0 aromatic heterocycles. The van der Waals surface area contributed by atoms with Crippen molar-refractivity contribution in [1.29, 1.82) is 0 Å². The first-order valence-electron chi connectivity index (χ1n) is 6.82. The van der Waals surface area contributed by atoms with Crippen molar-refractivity contribution < 1.29 is 14.4 Å². The topological polar surface area (TPSA) is 47.9 Å². The van der Waals surface area contributed by atoms with Gasteiger partial charge in [0, 0.05) is 12.5 Å². The largest absolute Gasteiger partial charge is 0.497 e. The molecule has 0 spiro atoms. The van der Waals surface area contributed by atoms with Gasteiger partial charge in [-0.25, -0.2) is 4.79 Å². The molecular weight excluding hydrogens is 278 g/mol. The van der Waals surface area contributed by atoms with Crippen LogP contribution in [0.5, 0.6) is 5.75 Å². The first-order valence-corrected chi connectivity index (χ1v) is 6.82. The maximum atomic E-state index is 11.0. The molecule has 0 aliphatic rings. The molecule has 0 aliphatic carbocycles. The predicted molar refractivity (Wildman–Crippen MR) is 86.8 cm³/mol. The number of benzene rings is 2. The van der Waals surface area contributed by atoms with Crippen LogP contribution in [0.15, 0.2) is 65.8 Å². The summed E-state index contributed by atoms with van der Waals surface area (Å²) in [7, 11) is 1.63. The van der Waals surface area contributed by atoms with E-state index in [2.05, 4.69) is 5.16 Å². The Morgan fingerprint density at radius 2 is 1.73 bits per heavy atom. The number of rotatable bonds is 5. The molecule has 4 heteroatoms. The van der Waals surface area contributed by atoms with Crippen LogP contribution in [-0.2, 0) is 9.63 Å². The summed E-state index contributed by atoms with van der Waals surface area (Å²) in [5.41, 5.74) is 2.44. The van der Waals surface area contributed by atoms with Crippen LogP contribution in [0.3, 0.4) is 0 Å². The lowest BCUT2D eigenvalue weighted by Crippen LogP contribution is -2.00. The minimum absolute atomic E-state index is 0.453. The summed E-state index contributed by atoms with van der Waals surface area (Å²) >= 11 is 0. The summed E-state index contributed by atoms with van der Waals surface area (Å²) in [6.07, 6.45) is 3.70. The molecule has 0 aliphatic heterocycles. The van der Waals surface area contributed by atoms with E-state index in [1.165, 1.54) is 6.92 Å². The van der Waals surface area contributed by atoms with E-state index in [1.807, 2.05) is 60.7 Å². The Hall–Kier alpha value is -2.88. The van der Waals surface area contributed by atoms with Crippen LogP contribution in [0.4, 0.5) is 0 Å². The summed E-state index contributed by atoms with van der Waals surface area (Å²) in [6.45, 7) is 1.32. The Bertz CT molecular complexity index is 673. The van der Waals surface area contributed by atoms with Gasteiger partial charge in [0.25, 0.3) is 0 Å². The summed E-state index contributed by atoms with van der Waals surface area (Å²) in [4.78, 5) is 15.7. The molecule has 22 heavy (non-hydrogen) atoms. The second-order valence-electron chi connectivity index (χ2n) is 4.53. The molecule has 0 saturated heterocycles. The molecule has 0 bridgehead atoms. The summed E-state index contributed by atoms with van der Waals surface area (Å²) in [6, 6.07) is 17.2. The van der Waals surface area contributed by atoms with Gasteiger partial charge in [-0.15, -0.1) is 0 Å². The molecule has 0 atom stereocenters. The van der Waals surface area contributed by atoms with Gasteiger partial charge in [0.05, 0.1) is 7.11 Å². The number of methoxy groups -OCH3 is 1. The van der Waals surface area contributed by atoms with Crippen LogP contribution in [0, 0.1) is 0 Å². The Morgan fingerprint density at radius 1 is 1.05 bits per heavy atom. The van der Waals surface area contributed by atoms with E-state index in [0.717, 1.165) is 16.9 Å². The average Bonchev–Trinajstić information content (AvgIpc) is 2.56. The molecule has 0 unspecified atom stereocenters. The van der Waals surface area contributed by atoms with Crippen molar-refractivity contribution >= 4 is 17.8 Å². The predicted octanol–water partition coefficient (Wildman–Crippen LogP) is 3.68. The maximum absolute atomic E-state index is 11.0. The molecule has 0 heterocycles. The number of hydrogen-bond acceptors (Lipinski definition) is 4. The molecule has 2 aromatic rings. The molecule has 0 fully saturated rings. The second kappa shape index (κ2) is 7.78. The lowest BCUT2D eigenvalue weighted by Gasteiger charge is -2.02. The zero-order valence-corrected chi connectivity index (χ0v) is 12.5. The Balaban J connectivity index is 2.23. The van der Waals surface area contributed by atoms with Crippen LogP contribution in [0.1, 0.15) is 18.1 Å². The van der Waals surface area contributed by atoms with Gasteiger partial charge < -0.3 is 9.57 Å². The Labute approximate surface area is 129 Å². The molecular formula is C18H17NO3. The third kappa shape index (κ3) is 4.59. The fourth-order valence-corrected chi connectivity index (χ4v) is 1.79. The van der Waals surface area contributed by atoms with Gasteiger partial charge in [0.2, 0.25) is 0 Å². The van der Waals surface area contributed by atoms with Crippen molar-refractivity contribution in [3.05, 3.63) is 71.8 Å². The summed E-state index contributed by atoms with van der Waals surface area (Å²) in [5, 5.41) is 3.90. The molecule has 0 radical (unpaired) electrons. The first kappa shape index (κ1) is 15.5. The zero-order valence-electron chi connectivity index (χ0n) is 12.5. The lowest BCUT2D eigenvalue weighted by molar-refractivity contribution is -0.140. The number of carbonyl (C=O) groups excluding carboxylic acids is 1. The van der Waals surface area contributed by atoms with E-state index in [4.69, 9.17) is 9.57 Å². The number of allylic oxidation sites excluding steroid dienone is 1. The SMILES string of the molecule is COc1ccc(C=CC(=NOC(C)=O)c2ccccc2)cc1. The van der Waals surface area contributed by atoms with Crippen molar-refractivity contribution in [2.75, 3.05) is 7.11 Å². The van der Waals surface area contributed by atoms with Crippen molar-refractivity contribution in [2.45, 2.75) is 6.92 Å². The maximum Gasteiger partial charge on any atom is 0.332 e.